The second-order valence-corrected chi connectivity index (χ2v) is 4.13. The van der Waals surface area contributed by atoms with E-state index in [9.17, 15) is 0 Å². The fraction of sp³-hybridized carbons (Fsp3) is 0.909. The van der Waals surface area contributed by atoms with Crippen molar-refractivity contribution in [1.29, 1.82) is 5.26 Å². The van der Waals surface area contributed by atoms with Crippen molar-refractivity contribution in [3.8, 4) is 6.07 Å². The Labute approximate surface area is 82.8 Å². The predicted octanol–water partition coefficient (Wildman–Crippen LogP) is 3.36. The van der Waals surface area contributed by atoms with Crippen molar-refractivity contribution in [2.75, 3.05) is 0 Å². The molecule has 1 fully saturated rings. The van der Waals surface area contributed by atoms with E-state index in [1.54, 1.807) is 20.8 Å². The van der Waals surface area contributed by atoms with Gasteiger partial charge in [0, 0.05) is 12.8 Å². The lowest BCUT2D eigenvalue weighted by Crippen LogP contribution is -2.30. The van der Waals surface area contributed by atoms with E-state index in [1.165, 1.54) is 0 Å². The third-order valence-electron chi connectivity index (χ3n) is 2.10. The smallest absolute Gasteiger partial charge is 0.0658 e. The van der Waals surface area contributed by atoms with E-state index in [0.717, 1.165) is 0 Å². The van der Waals surface area contributed by atoms with Gasteiger partial charge in [0.25, 0.3) is 0 Å². The Morgan fingerprint density at radius 3 is 2.75 bits per heavy atom. The maximum Gasteiger partial charge on any atom is 0.0658 e. The van der Waals surface area contributed by atoms with Crippen molar-refractivity contribution in [1.82, 2.24) is 0 Å². The SMILES string of the molecule is [2H][C@@H]1[C@H]([2H])[C@@]([2H])(C(C)(C)C)[C@@H](C#N)CC1([2H])[2H]. The zero-order valence-corrected chi connectivity index (χ0v) is 7.89. The molecule has 0 aromatic heterocycles. The van der Waals surface area contributed by atoms with Crippen LogP contribution in [0.2, 0.25) is 0 Å². The summed E-state index contributed by atoms with van der Waals surface area (Å²) in [5, 5.41) is 9.15. The molecule has 1 rings (SSSR count). The van der Waals surface area contributed by atoms with Crippen LogP contribution in [-0.4, -0.2) is 0 Å². The van der Waals surface area contributed by atoms with Crippen LogP contribution in [0.25, 0.3) is 0 Å². The molecular formula is C11H19N. The van der Waals surface area contributed by atoms with Crippen LogP contribution in [-0.2, 0) is 0 Å². The number of hydrogen-bond donors (Lipinski definition) is 0. The minimum absolute atomic E-state index is 0.131. The van der Waals surface area contributed by atoms with E-state index >= 15 is 0 Å². The van der Waals surface area contributed by atoms with Crippen LogP contribution in [0.5, 0.6) is 0 Å². The van der Waals surface area contributed by atoms with Crippen LogP contribution in [0.4, 0.5) is 0 Å². The second kappa shape index (κ2) is 3.47. The lowest BCUT2D eigenvalue weighted by atomic mass is 9.67. The van der Waals surface area contributed by atoms with Crippen LogP contribution in [0.15, 0.2) is 0 Å². The molecule has 0 amide bonds. The van der Waals surface area contributed by atoms with Gasteiger partial charge in [-0.2, -0.15) is 5.26 Å². The quantitative estimate of drug-likeness (QED) is 0.547. The molecule has 0 aromatic carbocycles. The molecule has 0 bridgehead atoms. The van der Waals surface area contributed by atoms with Gasteiger partial charge in [-0.1, -0.05) is 33.5 Å². The molecule has 0 heterocycles. The van der Waals surface area contributed by atoms with Crippen LogP contribution in [0.3, 0.4) is 0 Å². The number of rotatable bonds is 0. The highest BCUT2D eigenvalue weighted by molar-refractivity contribution is 4.94. The largest absolute Gasteiger partial charge is 0.198 e. The van der Waals surface area contributed by atoms with Crippen molar-refractivity contribution >= 4 is 0 Å². The second-order valence-electron chi connectivity index (χ2n) is 4.13. The lowest BCUT2D eigenvalue weighted by Gasteiger charge is -2.37. The summed E-state index contributed by atoms with van der Waals surface area (Å²) in [5.74, 6) is -2.25. The molecule has 1 saturated carbocycles. The molecule has 0 unspecified atom stereocenters. The first-order valence-corrected chi connectivity index (χ1v) is 4.22. The Kier molecular flexibility index (Phi) is 1.35. The van der Waals surface area contributed by atoms with Gasteiger partial charge in [-0.15, -0.1) is 0 Å². The van der Waals surface area contributed by atoms with Crippen molar-refractivity contribution in [2.45, 2.75) is 46.4 Å². The monoisotopic (exact) mass is 170 g/mol. The summed E-state index contributed by atoms with van der Waals surface area (Å²) in [6.07, 6.45) is -4.48. The average Bonchev–Trinajstić information content (AvgIpc) is 2.19. The molecule has 0 saturated heterocycles. The van der Waals surface area contributed by atoms with Gasteiger partial charge in [-0.25, -0.2) is 0 Å². The zero-order chi connectivity index (χ0) is 13.6. The normalized spacial score (nSPS) is 59.8. The summed E-state index contributed by atoms with van der Waals surface area (Å²) in [7, 11) is 0. The summed E-state index contributed by atoms with van der Waals surface area (Å²) < 4.78 is 39.7. The van der Waals surface area contributed by atoms with Crippen LogP contribution < -0.4 is 0 Å². The first kappa shape index (κ1) is 4.65. The predicted molar refractivity (Wildman–Crippen MR) is 50.5 cm³/mol. The molecule has 0 spiro atoms. The van der Waals surface area contributed by atoms with E-state index < -0.39 is 36.4 Å². The highest BCUT2D eigenvalue weighted by Gasteiger charge is 2.33. The average molecular weight is 170 g/mol. The number of nitrogens with zero attached hydrogens (tertiary/aromatic N) is 1. The van der Waals surface area contributed by atoms with Gasteiger partial charge in [-0.3, -0.25) is 0 Å². The minimum atomic E-state index is -1.86. The Hall–Kier alpha value is -0.510. The van der Waals surface area contributed by atoms with Gasteiger partial charge < -0.3 is 0 Å². The molecule has 68 valence electrons. The Morgan fingerprint density at radius 2 is 2.25 bits per heavy atom. The van der Waals surface area contributed by atoms with E-state index in [2.05, 4.69) is 0 Å². The molecule has 4 atom stereocenters. The van der Waals surface area contributed by atoms with Gasteiger partial charge in [0.1, 0.15) is 0 Å². The van der Waals surface area contributed by atoms with Crippen LogP contribution in [0.1, 0.15) is 53.2 Å². The maximum absolute atomic E-state index is 9.15. The first-order valence-electron chi connectivity index (χ1n) is 6.88. The molecule has 1 nitrogen and oxygen atoms in total. The van der Waals surface area contributed by atoms with Crippen molar-refractivity contribution in [3.05, 3.63) is 0 Å². The fourth-order valence-electron chi connectivity index (χ4n) is 1.45. The molecule has 12 heavy (non-hydrogen) atoms. The lowest BCUT2D eigenvalue weighted by molar-refractivity contribution is 0.139. The minimum Gasteiger partial charge on any atom is -0.198 e. The molecule has 0 aliphatic heterocycles. The standard InChI is InChI=1S/C11H19N/c1-11(2,3)10-7-5-4-6-9(10)8-12/h9-10H,4-7H2,1-3H3/t9-,10-/m1/s1/i4D2,5D,7D,10D/t5-,7-,9+,10+/m0. The van der Waals surface area contributed by atoms with E-state index in [-0.39, 0.29) is 6.42 Å². The maximum atomic E-state index is 9.15. The van der Waals surface area contributed by atoms with E-state index in [4.69, 9.17) is 12.1 Å². The fourth-order valence-corrected chi connectivity index (χ4v) is 1.45. The van der Waals surface area contributed by atoms with E-state index in [1.807, 2.05) is 6.07 Å². The number of hydrogen-bond acceptors (Lipinski definition) is 1. The summed E-state index contributed by atoms with van der Waals surface area (Å²) in [6, 6.07) is 1.98. The Morgan fingerprint density at radius 1 is 1.58 bits per heavy atom. The molecule has 1 heteroatoms. The molecule has 0 N–H and O–H groups in total. The summed E-state index contributed by atoms with van der Waals surface area (Å²) in [5.41, 5.74) is -0.629. The topological polar surface area (TPSA) is 23.8 Å². The molecular weight excluding hydrogens is 146 g/mol. The number of nitriles is 1. The molecule has 1 aliphatic carbocycles. The van der Waals surface area contributed by atoms with E-state index in [0.29, 0.717) is 0 Å². The van der Waals surface area contributed by atoms with Crippen molar-refractivity contribution in [3.63, 3.8) is 0 Å². The summed E-state index contributed by atoms with van der Waals surface area (Å²) in [6.45, 7) is 5.33. The van der Waals surface area contributed by atoms with Gasteiger partial charge >= 0.3 is 0 Å². The molecule has 0 radical (unpaired) electrons. The molecule has 0 aromatic rings. The van der Waals surface area contributed by atoms with Crippen LogP contribution >= 0.6 is 0 Å². The Bertz CT molecular complexity index is 343. The highest BCUT2D eigenvalue weighted by Crippen LogP contribution is 2.41. The van der Waals surface area contributed by atoms with Crippen molar-refractivity contribution in [2.24, 2.45) is 17.2 Å². The van der Waals surface area contributed by atoms with Gasteiger partial charge in [0.05, 0.1) is 6.07 Å². The van der Waals surface area contributed by atoms with Gasteiger partial charge in [0.2, 0.25) is 0 Å². The summed E-state index contributed by atoms with van der Waals surface area (Å²) >= 11 is 0. The van der Waals surface area contributed by atoms with Gasteiger partial charge in [0.15, 0.2) is 0 Å². The van der Waals surface area contributed by atoms with Crippen molar-refractivity contribution < 1.29 is 6.85 Å². The third-order valence-corrected chi connectivity index (χ3v) is 2.10. The van der Waals surface area contributed by atoms with Gasteiger partial charge in [-0.05, 0) is 24.1 Å². The Balaban J connectivity index is 3.27. The summed E-state index contributed by atoms with van der Waals surface area (Å²) in [4.78, 5) is 0. The highest BCUT2D eigenvalue weighted by atomic mass is 14.4. The molecule has 1 aliphatic rings. The zero-order valence-electron chi connectivity index (χ0n) is 12.9. The first-order chi connectivity index (χ1) is 7.48. The van der Waals surface area contributed by atoms with Crippen LogP contribution in [0, 0.1) is 28.6 Å². The third kappa shape index (κ3) is 2.00.